The number of nitrogens with one attached hydrogen (secondary N) is 1. The number of hydrogen-bond donors (Lipinski definition) is 2. The molecule has 1 heterocycles. The Morgan fingerprint density at radius 1 is 1.38 bits per heavy atom. The SMILES string of the molecule is NCC#Cc1cc(Cl)c(S(=O)(=O)NC2CCOC2)c(Cl)c1. The van der Waals surface area contributed by atoms with Crippen LogP contribution < -0.4 is 10.5 Å². The van der Waals surface area contributed by atoms with Gasteiger partial charge in [0.05, 0.1) is 23.2 Å². The number of halogens is 2. The van der Waals surface area contributed by atoms with Crippen molar-refractivity contribution in [3.8, 4) is 11.8 Å². The molecular formula is C13H14Cl2N2O3S. The van der Waals surface area contributed by atoms with Crippen LogP contribution in [0.5, 0.6) is 0 Å². The van der Waals surface area contributed by atoms with E-state index in [1.54, 1.807) is 0 Å². The lowest BCUT2D eigenvalue weighted by atomic mass is 10.2. The van der Waals surface area contributed by atoms with Gasteiger partial charge in [0.15, 0.2) is 0 Å². The van der Waals surface area contributed by atoms with Crippen LogP contribution in [0.2, 0.25) is 10.0 Å². The van der Waals surface area contributed by atoms with Crippen molar-refractivity contribution in [1.29, 1.82) is 0 Å². The standard InChI is InChI=1S/C13H14Cl2N2O3S/c14-11-6-9(2-1-4-16)7-12(15)13(11)21(18,19)17-10-3-5-20-8-10/h6-7,10,17H,3-5,8,16H2. The highest BCUT2D eigenvalue weighted by Gasteiger charge is 2.27. The highest BCUT2D eigenvalue weighted by Crippen LogP contribution is 2.31. The molecule has 1 saturated heterocycles. The highest BCUT2D eigenvalue weighted by molar-refractivity contribution is 7.89. The van der Waals surface area contributed by atoms with Gasteiger partial charge >= 0.3 is 0 Å². The van der Waals surface area contributed by atoms with Gasteiger partial charge in [-0.1, -0.05) is 35.0 Å². The molecule has 0 saturated carbocycles. The third-order valence-electron chi connectivity index (χ3n) is 2.85. The smallest absolute Gasteiger partial charge is 0.243 e. The molecule has 0 bridgehead atoms. The summed E-state index contributed by atoms with van der Waals surface area (Å²) < 4.78 is 32.4. The first-order chi connectivity index (χ1) is 9.94. The Balaban J connectivity index is 2.34. The molecule has 5 nitrogen and oxygen atoms in total. The van der Waals surface area contributed by atoms with Gasteiger partial charge in [-0.05, 0) is 18.6 Å². The average molecular weight is 349 g/mol. The molecule has 3 N–H and O–H groups in total. The van der Waals surface area contributed by atoms with Gasteiger partial charge in [0.2, 0.25) is 10.0 Å². The maximum absolute atomic E-state index is 12.4. The molecule has 1 fully saturated rings. The van der Waals surface area contributed by atoms with Crippen LogP contribution in [0.3, 0.4) is 0 Å². The molecule has 1 unspecified atom stereocenters. The molecule has 1 aromatic carbocycles. The molecule has 2 rings (SSSR count). The zero-order valence-electron chi connectivity index (χ0n) is 11.0. The van der Waals surface area contributed by atoms with E-state index in [2.05, 4.69) is 16.6 Å². The fourth-order valence-corrected chi connectivity index (χ4v) is 4.42. The number of nitrogens with two attached hydrogens (primary N) is 1. The third-order valence-corrected chi connectivity index (χ3v) is 5.29. The maximum atomic E-state index is 12.4. The fourth-order valence-electron chi connectivity index (χ4n) is 1.95. The average Bonchev–Trinajstić information content (AvgIpc) is 2.87. The van der Waals surface area contributed by atoms with E-state index in [0.29, 0.717) is 25.2 Å². The lowest BCUT2D eigenvalue weighted by molar-refractivity contribution is 0.192. The van der Waals surface area contributed by atoms with E-state index in [9.17, 15) is 8.42 Å². The lowest BCUT2D eigenvalue weighted by Crippen LogP contribution is -2.35. The molecule has 1 atom stereocenters. The van der Waals surface area contributed by atoms with Gasteiger partial charge < -0.3 is 10.5 Å². The van der Waals surface area contributed by atoms with Crippen molar-refractivity contribution in [1.82, 2.24) is 4.72 Å². The van der Waals surface area contributed by atoms with E-state index < -0.39 is 10.0 Å². The van der Waals surface area contributed by atoms with Crippen LogP contribution in [0.4, 0.5) is 0 Å². The largest absolute Gasteiger partial charge is 0.380 e. The fraction of sp³-hybridized carbons (Fsp3) is 0.385. The second kappa shape index (κ2) is 6.97. The topological polar surface area (TPSA) is 81.4 Å². The Bertz CT molecular complexity index is 666. The molecule has 0 aliphatic carbocycles. The van der Waals surface area contributed by atoms with Crippen molar-refractivity contribution in [2.75, 3.05) is 19.8 Å². The van der Waals surface area contributed by atoms with E-state index in [0.717, 1.165) is 0 Å². The van der Waals surface area contributed by atoms with Crippen molar-refractivity contribution < 1.29 is 13.2 Å². The summed E-state index contributed by atoms with van der Waals surface area (Å²) >= 11 is 12.1. The van der Waals surface area contributed by atoms with E-state index in [1.165, 1.54) is 12.1 Å². The first kappa shape index (κ1) is 16.6. The van der Waals surface area contributed by atoms with Crippen molar-refractivity contribution in [3.05, 3.63) is 27.7 Å². The quantitative estimate of drug-likeness (QED) is 0.808. The summed E-state index contributed by atoms with van der Waals surface area (Å²) in [6.07, 6.45) is 0.620. The number of ether oxygens (including phenoxy) is 1. The van der Waals surface area contributed by atoms with Crippen LogP contribution in [0.15, 0.2) is 17.0 Å². The van der Waals surface area contributed by atoms with E-state index in [-0.39, 0.29) is 27.5 Å². The minimum Gasteiger partial charge on any atom is -0.380 e. The van der Waals surface area contributed by atoms with Crippen LogP contribution in [0.25, 0.3) is 0 Å². The highest BCUT2D eigenvalue weighted by atomic mass is 35.5. The Kier molecular flexibility index (Phi) is 5.49. The number of rotatable bonds is 3. The van der Waals surface area contributed by atoms with Gasteiger partial charge in [-0.3, -0.25) is 0 Å². The Morgan fingerprint density at radius 3 is 2.57 bits per heavy atom. The van der Waals surface area contributed by atoms with Gasteiger partial charge in [0, 0.05) is 18.2 Å². The van der Waals surface area contributed by atoms with Gasteiger partial charge in [-0.2, -0.15) is 0 Å². The monoisotopic (exact) mass is 348 g/mol. The normalized spacial score (nSPS) is 18.3. The molecule has 0 amide bonds. The van der Waals surface area contributed by atoms with Gasteiger partial charge in [0.1, 0.15) is 4.90 Å². The van der Waals surface area contributed by atoms with Crippen molar-refractivity contribution in [2.24, 2.45) is 5.73 Å². The molecule has 0 aromatic heterocycles. The Hall–Kier alpha value is -0.810. The predicted octanol–water partition coefficient (Wildman–Crippen LogP) is 1.37. The van der Waals surface area contributed by atoms with Crippen LogP contribution in [-0.2, 0) is 14.8 Å². The van der Waals surface area contributed by atoms with E-state index >= 15 is 0 Å². The zero-order valence-corrected chi connectivity index (χ0v) is 13.4. The predicted molar refractivity (Wildman–Crippen MR) is 81.9 cm³/mol. The molecule has 1 aromatic rings. The molecular weight excluding hydrogens is 335 g/mol. The molecule has 114 valence electrons. The first-order valence-electron chi connectivity index (χ1n) is 6.22. The van der Waals surface area contributed by atoms with E-state index in [4.69, 9.17) is 33.7 Å². The van der Waals surface area contributed by atoms with Crippen LogP contribution in [-0.4, -0.2) is 34.2 Å². The molecule has 8 heteroatoms. The summed E-state index contributed by atoms with van der Waals surface area (Å²) in [4.78, 5) is -0.143. The summed E-state index contributed by atoms with van der Waals surface area (Å²) in [5.41, 5.74) is 5.80. The van der Waals surface area contributed by atoms with Crippen LogP contribution >= 0.6 is 23.2 Å². The van der Waals surface area contributed by atoms with Crippen molar-refractivity contribution in [2.45, 2.75) is 17.4 Å². The molecule has 1 aliphatic rings. The minimum absolute atomic E-state index is 0.0234. The second-order valence-electron chi connectivity index (χ2n) is 4.46. The molecule has 21 heavy (non-hydrogen) atoms. The Labute approximate surface area is 133 Å². The Morgan fingerprint density at radius 2 is 2.05 bits per heavy atom. The first-order valence-corrected chi connectivity index (χ1v) is 8.46. The van der Waals surface area contributed by atoms with Gasteiger partial charge in [-0.25, -0.2) is 13.1 Å². The van der Waals surface area contributed by atoms with E-state index in [1.807, 2.05) is 0 Å². The number of benzene rings is 1. The summed E-state index contributed by atoms with van der Waals surface area (Å²) in [6, 6.07) is 2.64. The lowest BCUT2D eigenvalue weighted by Gasteiger charge is -2.14. The van der Waals surface area contributed by atoms with Crippen LogP contribution in [0.1, 0.15) is 12.0 Å². The van der Waals surface area contributed by atoms with Crippen molar-refractivity contribution >= 4 is 33.2 Å². The minimum atomic E-state index is -3.81. The van der Waals surface area contributed by atoms with Crippen molar-refractivity contribution in [3.63, 3.8) is 0 Å². The third kappa shape index (κ3) is 4.10. The molecule has 1 aliphatic heterocycles. The maximum Gasteiger partial charge on any atom is 0.243 e. The number of hydrogen-bond acceptors (Lipinski definition) is 4. The summed E-state index contributed by atoms with van der Waals surface area (Å²) in [5, 5.41) is 0.0467. The summed E-state index contributed by atoms with van der Waals surface area (Å²) in [7, 11) is -3.81. The second-order valence-corrected chi connectivity index (χ2v) is 6.92. The molecule has 0 spiro atoms. The molecule has 0 radical (unpaired) electrons. The van der Waals surface area contributed by atoms with Gasteiger partial charge in [0.25, 0.3) is 0 Å². The van der Waals surface area contributed by atoms with Gasteiger partial charge in [-0.15, -0.1) is 0 Å². The summed E-state index contributed by atoms with van der Waals surface area (Å²) in [5.74, 6) is 5.41. The number of sulfonamides is 1. The zero-order chi connectivity index (χ0) is 15.5. The summed E-state index contributed by atoms with van der Waals surface area (Å²) in [6.45, 7) is 1.06. The van der Waals surface area contributed by atoms with Crippen LogP contribution in [0, 0.1) is 11.8 Å².